The summed E-state index contributed by atoms with van der Waals surface area (Å²) in [5.41, 5.74) is 1.02. The van der Waals surface area contributed by atoms with Crippen molar-refractivity contribution < 1.29 is 14.6 Å². The standard InChI is InChI=1S/C8H5BrO3/c9-6-2-1-4-5(7(6)10)3-12-8(4)11/h1-2,10H,3H2. The number of aromatic hydroxyl groups is 1. The van der Waals surface area contributed by atoms with Crippen LogP contribution in [0, 0.1) is 0 Å². The molecule has 0 saturated carbocycles. The zero-order chi connectivity index (χ0) is 8.72. The van der Waals surface area contributed by atoms with Crippen molar-refractivity contribution in [2.45, 2.75) is 6.61 Å². The van der Waals surface area contributed by atoms with Gasteiger partial charge in [0.05, 0.1) is 10.0 Å². The Morgan fingerprint density at radius 3 is 3.00 bits per heavy atom. The summed E-state index contributed by atoms with van der Waals surface area (Å²) < 4.78 is 5.32. The first-order valence-electron chi connectivity index (χ1n) is 3.37. The first-order chi connectivity index (χ1) is 5.70. The van der Waals surface area contributed by atoms with E-state index in [1.165, 1.54) is 0 Å². The summed E-state index contributed by atoms with van der Waals surface area (Å²) in [5, 5.41) is 9.46. The third-order valence-corrected chi connectivity index (χ3v) is 2.44. The van der Waals surface area contributed by atoms with Crippen LogP contribution in [-0.2, 0) is 11.3 Å². The number of benzene rings is 1. The molecule has 1 aromatic carbocycles. The molecule has 3 nitrogen and oxygen atoms in total. The Kier molecular flexibility index (Phi) is 1.58. The van der Waals surface area contributed by atoms with Gasteiger partial charge in [-0.25, -0.2) is 4.79 Å². The van der Waals surface area contributed by atoms with E-state index in [1.807, 2.05) is 0 Å². The maximum atomic E-state index is 11.0. The summed E-state index contributed by atoms with van der Waals surface area (Å²) in [4.78, 5) is 11.0. The lowest BCUT2D eigenvalue weighted by Gasteiger charge is -1.99. The minimum absolute atomic E-state index is 0.0957. The number of hydrogen-bond acceptors (Lipinski definition) is 3. The van der Waals surface area contributed by atoms with E-state index in [4.69, 9.17) is 4.74 Å². The Hall–Kier alpha value is -1.03. The van der Waals surface area contributed by atoms with Crippen molar-refractivity contribution in [3.8, 4) is 5.75 Å². The van der Waals surface area contributed by atoms with E-state index in [9.17, 15) is 9.90 Å². The molecule has 0 atom stereocenters. The van der Waals surface area contributed by atoms with Gasteiger partial charge in [0.15, 0.2) is 0 Å². The predicted molar refractivity (Wildman–Crippen MR) is 44.9 cm³/mol. The van der Waals surface area contributed by atoms with Crippen molar-refractivity contribution in [2.75, 3.05) is 0 Å². The van der Waals surface area contributed by atoms with Crippen LogP contribution in [-0.4, -0.2) is 11.1 Å². The number of ether oxygens (including phenoxy) is 1. The second-order valence-electron chi connectivity index (χ2n) is 2.50. The number of carbonyl (C=O) groups is 1. The normalized spacial score (nSPS) is 14.2. The summed E-state index contributed by atoms with van der Waals surface area (Å²) in [6.45, 7) is 0.166. The average molecular weight is 229 g/mol. The van der Waals surface area contributed by atoms with E-state index in [0.717, 1.165) is 0 Å². The molecule has 0 aliphatic carbocycles. The van der Waals surface area contributed by atoms with Gasteiger partial charge in [-0.2, -0.15) is 0 Å². The third kappa shape index (κ3) is 0.914. The van der Waals surface area contributed by atoms with Crippen LogP contribution in [0.5, 0.6) is 5.75 Å². The number of phenolic OH excluding ortho intramolecular Hbond substituents is 1. The largest absolute Gasteiger partial charge is 0.506 e. The second-order valence-corrected chi connectivity index (χ2v) is 3.35. The molecule has 4 heteroatoms. The molecule has 2 rings (SSSR count). The zero-order valence-corrected chi connectivity index (χ0v) is 7.59. The molecule has 62 valence electrons. The molecule has 0 amide bonds. The van der Waals surface area contributed by atoms with E-state index in [1.54, 1.807) is 12.1 Å². The molecule has 12 heavy (non-hydrogen) atoms. The molecule has 0 spiro atoms. The second kappa shape index (κ2) is 2.48. The first kappa shape index (κ1) is 7.61. The molecule has 1 aliphatic rings. The molecule has 1 N–H and O–H groups in total. The zero-order valence-electron chi connectivity index (χ0n) is 6.00. The van der Waals surface area contributed by atoms with Gasteiger partial charge in [0.25, 0.3) is 0 Å². The summed E-state index contributed by atoms with van der Waals surface area (Å²) in [6.07, 6.45) is 0. The number of hydrogen-bond donors (Lipinski definition) is 1. The number of carbonyl (C=O) groups excluding carboxylic acids is 1. The molecule has 0 saturated heterocycles. The van der Waals surface area contributed by atoms with Crippen LogP contribution in [0.1, 0.15) is 15.9 Å². The Labute approximate surface area is 77.1 Å². The van der Waals surface area contributed by atoms with Crippen LogP contribution in [0.15, 0.2) is 16.6 Å². The Balaban J connectivity index is 2.68. The van der Waals surface area contributed by atoms with Crippen molar-refractivity contribution in [3.05, 3.63) is 27.7 Å². The van der Waals surface area contributed by atoms with Gasteiger partial charge in [0, 0.05) is 5.56 Å². The number of phenols is 1. The molecule has 0 unspecified atom stereocenters. The van der Waals surface area contributed by atoms with Crippen LogP contribution in [0.25, 0.3) is 0 Å². The van der Waals surface area contributed by atoms with Gasteiger partial charge in [0.2, 0.25) is 0 Å². The molecule has 1 aliphatic heterocycles. The average Bonchev–Trinajstić information content (AvgIpc) is 2.41. The lowest BCUT2D eigenvalue weighted by atomic mass is 10.1. The quantitative estimate of drug-likeness (QED) is 0.690. The van der Waals surface area contributed by atoms with E-state index in [0.29, 0.717) is 15.6 Å². The Bertz CT molecular complexity index is 360. The number of esters is 1. The fraction of sp³-hybridized carbons (Fsp3) is 0.125. The monoisotopic (exact) mass is 228 g/mol. The van der Waals surface area contributed by atoms with Crippen LogP contribution in [0.3, 0.4) is 0 Å². The first-order valence-corrected chi connectivity index (χ1v) is 4.17. The van der Waals surface area contributed by atoms with Crippen LogP contribution in [0.2, 0.25) is 0 Å². The van der Waals surface area contributed by atoms with Crippen molar-refractivity contribution in [3.63, 3.8) is 0 Å². The van der Waals surface area contributed by atoms with Crippen LogP contribution >= 0.6 is 15.9 Å². The molecule has 0 bridgehead atoms. The molecule has 1 heterocycles. The SMILES string of the molecule is O=C1OCc2c1ccc(Br)c2O. The smallest absolute Gasteiger partial charge is 0.339 e. The minimum atomic E-state index is -0.368. The summed E-state index contributed by atoms with van der Waals surface area (Å²) in [5.74, 6) is -0.272. The van der Waals surface area contributed by atoms with E-state index in [2.05, 4.69) is 15.9 Å². The fourth-order valence-corrected chi connectivity index (χ4v) is 1.53. The Morgan fingerprint density at radius 1 is 1.50 bits per heavy atom. The molecular weight excluding hydrogens is 224 g/mol. The number of fused-ring (bicyclic) bond motifs is 1. The number of cyclic esters (lactones) is 1. The van der Waals surface area contributed by atoms with Gasteiger partial charge in [-0.1, -0.05) is 0 Å². The van der Waals surface area contributed by atoms with E-state index < -0.39 is 0 Å². The van der Waals surface area contributed by atoms with Crippen LogP contribution in [0.4, 0.5) is 0 Å². The fourth-order valence-electron chi connectivity index (χ4n) is 1.16. The highest BCUT2D eigenvalue weighted by molar-refractivity contribution is 9.10. The van der Waals surface area contributed by atoms with E-state index in [-0.39, 0.29) is 18.3 Å². The summed E-state index contributed by atoms with van der Waals surface area (Å²) in [6, 6.07) is 3.26. The van der Waals surface area contributed by atoms with Crippen molar-refractivity contribution in [1.29, 1.82) is 0 Å². The third-order valence-electron chi connectivity index (χ3n) is 1.80. The van der Waals surface area contributed by atoms with Gasteiger partial charge in [0.1, 0.15) is 12.4 Å². The van der Waals surface area contributed by atoms with E-state index >= 15 is 0 Å². The molecule has 1 aromatic rings. The van der Waals surface area contributed by atoms with Crippen molar-refractivity contribution in [2.24, 2.45) is 0 Å². The van der Waals surface area contributed by atoms with Gasteiger partial charge < -0.3 is 9.84 Å². The molecule has 0 aromatic heterocycles. The van der Waals surface area contributed by atoms with Gasteiger partial charge in [-0.05, 0) is 28.1 Å². The summed E-state index contributed by atoms with van der Waals surface area (Å²) in [7, 11) is 0. The van der Waals surface area contributed by atoms with Gasteiger partial charge >= 0.3 is 5.97 Å². The van der Waals surface area contributed by atoms with Gasteiger partial charge in [-0.15, -0.1) is 0 Å². The topological polar surface area (TPSA) is 46.5 Å². The molecule has 0 fully saturated rings. The van der Waals surface area contributed by atoms with Crippen LogP contribution < -0.4 is 0 Å². The highest BCUT2D eigenvalue weighted by Gasteiger charge is 2.24. The summed E-state index contributed by atoms with van der Waals surface area (Å²) >= 11 is 3.15. The Morgan fingerprint density at radius 2 is 2.25 bits per heavy atom. The molecular formula is C8H5BrO3. The molecule has 0 radical (unpaired) electrons. The lowest BCUT2D eigenvalue weighted by molar-refractivity contribution is 0.0534. The highest BCUT2D eigenvalue weighted by atomic mass is 79.9. The maximum Gasteiger partial charge on any atom is 0.339 e. The maximum absolute atomic E-state index is 11.0. The number of rotatable bonds is 0. The highest BCUT2D eigenvalue weighted by Crippen LogP contribution is 2.34. The lowest BCUT2D eigenvalue weighted by Crippen LogP contribution is -1.92. The predicted octanol–water partition coefficient (Wildman–Crippen LogP) is 1.83. The minimum Gasteiger partial charge on any atom is -0.506 e. The van der Waals surface area contributed by atoms with Crippen molar-refractivity contribution in [1.82, 2.24) is 0 Å². The number of halogens is 1. The van der Waals surface area contributed by atoms with Gasteiger partial charge in [-0.3, -0.25) is 0 Å². The van der Waals surface area contributed by atoms with Crippen molar-refractivity contribution >= 4 is 21.9 Å².